The number of hydrogen-bond acceptors (Lipinski definition) is 8. The van der Waals surface area contributed by atoms with Crippen molar-refractivity contribution >= 4 is 27.3 Å². The molecule has 3 aromatic rings. The van der Waals surface area contributed by atoms with Crippen molar-refractivity contribution < 1.29 is 27.2 Å². The molecule has 34 heavy (non-hydrogen) atoms. The smallest absolute Gasteiger partial charge is 0.371 e. The molecule has 0 aliphatic carbocycles. The Kier molecular flexibility index (Phi) is 6.85. The molecule has 3 rings (SSSR count). The van der Waals surface area contributed by atoms with Crippen molar-refractivity contribution in [2.24, 2.45) is 5.41 Å². The molecule has 0 radical (unpaired) electrons. The molecule has 0 unspecified atom stereocenters. The van der Waals surface area contributed by atoms with Crippen molar-refractivity contribution in [3.05, 3.63) is 46.8 Å². The summed E-state index contributed by atoms with van der Waals surface area (Å²) in [6.07, 6.45) is 1.71. The minimum atomic E-state index is -3.91. The van der Waals surface area contributed by atoms with Crippen LogP contribution in [0.15, 0.2) is 44.5 Å². The molecule has 11 nitrogen and oxygen atoms in total. The van der Waals surface area contributed by atoms with Gasteiger partial charge in [0.25, 0.3) is 5.82 Å². The van der Waals surface area contributed by atoms with Crippen LogP contribution < -0.4 is 15.2 Å². The normalized spacial score (nSPS) is 13.4. The largest absolute Gasteiger partial charge is 0.503 e. The number of benzene rings is 1. The van der Waals surface area contributed by atoms with E-state index in [0.29, 0.717) is 5.76 Å². The number of para-hydroxylation sites is 1. The van der Waals surface area contributed by atoms with Gasteiger partial charge in [-0.05, 0) is 40.0 Å². The summed E-state index contributed by atoms with van der Waals surface area (Å²) in [7, 11) is -1.19. The average molecular weight is 495 g/mol. The van der Waals surface area contributed by atoms with Crippen molar-refractivity contribution in [3.8, 4) is 5.75 Å². The van der Waals surface area contributed by atoms with Gasteiger partial charge in [-0.25, -0.2) is 12.7 Å². The van der Waals surface area contributed by atoms with Crippen molar-refractivity contribution in [1.29, 1.82) is 0 Å². The molecule has 0 amide bonds. The summed E-state index contributed by atoms with van der Waals surface area (Å²) in [6.45, 7) is 10.2. The second-order valence-corrected chi connectivity index (χ2v) is 11.7. The monoisotopic (exact) mass is 494 g/mol. The van der Waals surface area contributed by atoms with Crippen LogP contribution in [0.2, 0.25) is 0 Å². The maximum absolute atomic E-state index is 12.5. The van der Waals surface area contributed by atoms with Crippen molar-refractivity contribution in [3.63, 3.8) is 0 Å². The first-order valence-corrected chi connectivity index (χ1v) is 12.2. The van der Waals surface area contributed by atoms with Gasteiger partial charge in [-0.3, -0.25) is 5.32 Å². The first-order valence-electron chi connectivity index (χ1n) is 10.7. The van der Waals surface area contributed by atoms with Gasteiger partial charge in [-0.2, -0.15) is 0 Å². The van der Waals surface area contributed by atoms with E-state index in [0.717, 1.165) is 9.87 Å². The molecular formula is C22H32N5O6S+. The maximum atomic E-state index is 12.5. The first-order chi connectivity index (χ1) is 15.7. The third-order valence-corrected chi connectivity index (χ3v) is 7.25. The number of nitrogens with one attached hydrogen (secondary N) is 3. The predicted octanol–water partition coefficient (Wildman–Crippen LogP) is 4.14. The number of furan rings is 1. The minimum Gasteiger partial charge on any atom is -0.503 e. The molecule has 0 spiro atoms. The topological polar surface area (TPSA) is 147 Å². The molecule has 1 aromatic carbocycles. The van der Waals surface area contributed by atoms with Crippen LogP contribution in [0.4, 0.5) is 17.3 Å². The van der Waals surface area contributed by atoms with Crippen LogP contribution in [-0.4, -0.2) is 37.1 Å². The van der Waals surface area contributed by atoms with Crippen LogP contribution in [0.25, 0.3) is 0 Å². The fraction of sp³-hybridized carbons (Fsp3) is 0.455. The third kappa shape index (κ3) is 4.97. The van der Waals surface area contributed by atoms with Crippen LogP contribution in [0.5, 0.6) is 5.75 Å². The number of sulfonamides is 1. The van der Waals surface area contributed by atoms with E-state index < -0.39 is 15.8 Å². The number of hydrogen-bond donors (Lipinski definition) is 4. The Balaban J connectivity index is 1.99. The second-order valence-electron chi connectivity index (χ2n) is 9.62. The number of phenols is 1. The van der Waals surface area contributed by atoms with Gasteiger partial charge < -0.3 is 14.8 Å². The van der Waals surface area contributed by atoms with E-state index in [9.17, 15) is 18.4 Å². The molecule has 0 bridgehead atoms. The van der Waals surface area contributed by atoms with Crippen molar-refractivity contribution in [2.75, 3.05) is 24.7 Å². The summed E-state index contributed by atoms with van der Waals surface area (Å²) in [4.78, 5) is 12.1. The van der Waals surface area contributed by atoms with Crippen LogP contribution in [0, 0.1) is 10.3 Å². The summed E-state index contributed by atoms with van der Waals surface area (Å²) in [6, 6.07) is 5.79. The lowest BCUT2D eigenvalue weighted by Crippen LogP contribution is -2.26. The lowest BCUT2D eigenvalue weighted by molar-refractivity contribution is -0.701. The van der Waals surface area contributed by atoms with E-state index in [1.807, 2.05) is 26.8 Å². The molecule has 0 aliphatic heterocycles. The number of phenolic OH excluding ortho intramolecular Hbond substituents is 1. The fourth-order valence-corrected chi connectivity index (χ4v) is 4.31. The summed E-state index contributed by atoms with van der Waals surface area (Å²) in [5.41, 5.74) is 0.727. The Morgan fingerprint density at radius 3 is 2.44 bits per heavy atom. The number of aromatic nitrogens is 2. The Bertz CT molecular complexity index is 1310. The molecule has 186 valence electrons. The molecule has 0 fully saturated rings. The van der Waals surface area contributed by atoms with E-state index in [1.165, 1.54) is 32.3 Å². The highest BCUT2D eigenvalue weighted by molar-refractivity contribution is 7.89. The molecule has 4 N–H and O–H groups in total. The van der Waals surface area contributed by atoms with Crippen LogP contribution in [-0.2, 0) is 10.0 Å². The lowest BCUT2D eigenvalue weighted by Gasteiger charge is -2.29. The summed E-state index contributed by atoms with van der Waals surface area (Å²) in [5, 5.41) is 19.2. The summed E-state index contributed by atoms with van der Waals surface area (Å²) in [5.74, 6) is 0.532. The van der Waals surface area contributed by atoms with Gasteiger partial charge >= 0.3 is 5.82 Å². The molecule has 2 aromatic heterocycles. The van der Waals surface area contributed by atoms with Gasteiger partial charge in [-0.15, -0.1) is 4.63 Å². The van der Waals surface area contributed by atoms with Gasteiger partial charge in [0.2, 0.25) is 10.0 Å². The standard InChI is InChI=1S/C22H31N5O6S/c1-13(2)14-11-16(32-12-14)19(22(3,4)5)24-20-21(27(29)33-25-20)23-15-9-8-10-17(18(15)28)34(30,31)26(6)7/h8-13,19,23H,1-7H3,(H2-,24,25,28,29)/p+1/t19-/m0/s1. The van der Waals surface area contributed by atoms with E-state index in [-0.39, 0.29) is 44.2 Å². The van der Waals surface area contributed by atoms with Crippen LogP contribution >= 0.6 is 0 Å². The Morgan fingerprint density at radius 2 is 1.88 bits per heavy atom. The van der Waals surface area contributed by atoms with E-state index in [2.05, 4.69) is 29.6 Å². The number of rotatable bonds is 8. The molecule has 2 heterocycles. The Hall–Kier alpha value is -3.25. The molecule has 0 saturated heterocycles. The molecule has 1 atom stereocenters. The average Bonchev–Trinajstić information content (AvgIpc) is 3.34. The second kappa shape index (κ2) is 9.18. The highest BCUT2D eigenvalue weighted by Crippen LogP contribution is 2.39. The van der Waals surface area contributed by atoms with Gasteiger partial charge in [-0.1, -0.05) is 45.8 Å². The summed E-state index contributed by atoms with van der Waals surface area (Å²) >= 11 is 0. The highest BCUT2D eigenvalue weighted by atomic mass is 32.2. The van der Waals surface area contributed by atoms with Gasteiger partial charge in [0.05, 0.1) is 12.3 Å². The Morgan fingerprint density at radius 1 is 1.21 bits per heavy atom. The van der Waals surface area contributed by atoms with E-state index in [4.69, 9.17) is 9.05 Å². The number of nitrogens with zero attached hydrogens (tertiary/aromatic N) is 2. The maximum Gasteiger partial charge on any atom is 0.371 e. The van der Waals surface area contributed by atoms with Crippen molar-refractivity contribution in [2.45, 2.75) is 51.5 Å². The quantitative estimate of drug-likeness (QED) is 0.342. The van der Waals surface area contributed by atoms with Gasteiger partial charge in [0, 0.05) is 14.1 Å². The van der Waals surface area contributed by atoms with E-state index >= 15 is 0 Å². The molecular weight excluding hydrogens is 462 g/mol. The van der Waals surface area contributed by atoms with Crippen molar-refractivity contribution in [1.82, 2.24) is 9.46 Å². The SMILES string of the molecule is CC(C)c1coc([C@H](Nc2[nH]o[n+](=O)c2Nc2cccc(S(=O)(=O)N(C)C)c2O)C(C)(C)C)c1. The number of H-pyrrole nitrogens is 1. The molecule has 0 saturated carbocycles. The molecule has 12 heteroatoms. The highest BCUT2D eigenvalue weighted by Gasteiger charge is 2.34. The van der Waals surface area contributed by atoms with Gasteiger partial charge in [0.15, 0.2) is 10.3 Å². The van der Waals surface area contributed by atoms with Gasteiger partial charge in [0.1, 0.15) is 16.3 Å². The zero-order chi connectivity index (χ0) is 25.4. The van der Waals surface area contributed by atoms with Crippen LogP contribution in [0.1, 0.15) is 57.9 Å². The zero-order valence-corrected chi connectivity index (χ0v) is 21.1. The van der Waals surface area contributed by atoms with E-state index in [1.54, 1.807) is 6.26 Å². The number of aromatic amines is 1. The predicted molar refractivity (Wildman–Crippen MR) is 127 cm³/mol. The zero-order valence-electron chi connectivity index (χ0n) is 20.3. The number of aromatic hydroxyl groups is 1. The fourth-order valence-electron chi connectivity index (χ4n) is 3.32. The minimum absolute atomic E-state index is 0.0118. The summed E-state index contributed by atoms with van der Waals surface area (Å²) < 4.78 is 37.0. The first kappa shape index (κ1) is 25.4. The molecule has 0 aliphatic rings. The number of anilines is 3. The Labute approximate surface area is 198 Å². The third-order valence-electron chi connectivity index (χ3n) is 5.41. The van der Waals surface area contributed by atoms with Crippen LogP contribution in [0.3, 0.4) is 0 Å². The lowest BCUT2D eigenvalue weighted by atomic mass is 9.85.